The molecule has 0 spiro atoms. The molecular weight excluding hydrogens is 220 g/mol. The van der Waals surface area contributed by atoms with Gasteiger partial charge in [0.25, 0.3) is 11.8 Å². The van der Waals surface area contributed by atoms with Gasteiger partial charge in [-0.2, -0.15) is 5.10 Å². The van der Waals surface area contributed by atoms with E-state index in [9.17, 15) is 9.59 Å². The van der Waals surface area contributed by atoms with E-state index >= 15 is 0 Å². The lowest BCUT2D eigenvalue weighted by molar-refractivity contribution is 0.0847. The Morgan fingerprint density at radius 1 is 1.18 bits per heavy atom. The standard InChI is InChI=1S/C11H10N4O2/c12-8-4-2-1-3-7(8)10(16)14-11(17)9-5-6-13-15-9/h1-6H,12H2,(H,13,15)(H,14,16,17). The van der Waals surface area contributed by atoms with Crippen molar-refractivity contribution in [2.24, 2.45) is 0 Å². The quantitative estimate of drug-likeness (QED) is 0.518. The van der Waals surface area contributed by atoms with Gasteiger partial charge in [-0.1, -0.05) is 12.1 Å². The lowest BCUT2D eigenvalue weighted by Crippen LogP contribution is -2.31. The Hall–Kier alpha value is -2.63. The topological polar surface area (TPSA) is 101 Å². The van der Waals surface area contributed by atoms with Crippen molar-refractivity contribution < 1.29 is 9.59 Å². The number of hydrogen-bond donors (Lipinski definition) is 3. The molecular formula is C11H10N4O2. The first-order valence-electron chi connectivity index (χ1n) is 4.88. The normalized spacial score (nSPS) is 9.88. The lowest BCUT2D eigenvalue weighted by Gasteiger charge is -2.04. The number of nitrogens with zero attached hydrogens (tertiary/aromatic N) is 1. The molecule has 0 saturated heterocycles. The summed E-state index contributed by atoms with van der Waals surface area (Å²) in [5, 5.41) is 8.29. The van der Waals surface area contributed by atoms with E-state index in [2.05, 4.69) is 15.5 Å². The van der Waals surface area contributed by atoms with Gasteiger partial charge < -0.3 is 5.73 Å². The van der Waals surface area contributed by atoms with E-state index in [4.69, 9.17) is 5.73 Å². The maximum absolute atomic E-state index is 11.7. The van der Waals surface area contributed by atoms with Crippen molar-refractivity contribution in [2.75, 3.05) is 5.73 Å². The number of para-hydroxylation sites is 1. The maximum Gasteiger partial charge on any atom is 0.276 e. The van der Waals surface area contributed by atoms with Crippen LogP contribution in [0.5, 0.6) is 0 Å². The molecule has 6 nitrogen and oxygen atoms in total. The van der Waals surface area contributed by atoms with Crippen LogP contribution in [0.2, 0.25) is 0 Å². The number of aromatic nitrogens is 2. The minimum Gasteiger partial charge on any atom is -0.398 e. The smallest absolute Gasteiger partial charge is 0.276 e. The average Bonchev–Trinajstić information content (AvgIpc) is 2.82. The molecule has 17 heavy (non-hydrogen) atoms. The highest BCUT2D eigenvalue weighted by Gasteiger charge is 2.14. The number of amides is 2. The summed E-state index contributed by atoms with van der Waals surface area (Å²) >= 11 is 0. The molecule has 0 bridgehead atoms. The largest absolute Gasteiger partial charge is 0.398 e. The maximum atomic E-state index is 11.7. The van der Waals surface area contributed by atoms with Crippen LogP contribution < -0.4 is 11.1 Å². The summed E-state index contributed by atoms with van der Waals surface area (Å²) in [5.74, 6) is -1.08. The number of nitrogen functional groups attached to an aromatic ring is 1. The number of H-pyrrole nitrogens is 1. The van der Waals surface area contributed by atoms with Crippen LogP contribution in [0.4, 0.5) is 5.69 Å². The average molecular weight is 230 g/mol. The molecule has 0 aliphatic rings. The Labute approximate surface area is 96.8 Å². The minimum absolute atomic E-state index is 0.216. The molecule has 2 aromatic rings. The molecule has 0 aliphatic heterocycles. The molecule has 2 amide bonds. The first-order valence-corrected chi connectivity index (χ1v) is 4.88. The van der Waals surface area contributed by atoms with Crippen molar-refractivity contribution in [3.8, 4) is 0 Å². The Bertz CT molecular complexity index is 548. The Morgan fingerprint density at radius 2 is 1.94 bits per heavy atom. The summed E-state index contributed by atoms with van der Waals surface area (Å²) in [6.45, 7) is 0. The van der Waals surface area contributed by atoms with Gasteiger partial charge in [0.2, 0.25) is 0 Å². The van der Waals surface area contributed by atoms with Gasteiger partial charge in [-0.3, -0.25) is 20.0 Å². The molecule has 6 heteroatoms. The molecule has 0 unspecified atom stereocenters. The molecule has 2 rings (SSSR count). The Balaban J connectivity index is 2.13. The Kier molecular flexibility index (Phi) is 2.87. The number of nitrogens with one attached hydrogen (secondary N) is 2. The zero-order valence-electron chi connectivity index (χ0n) is 8.81. The third-order valence-electron chi connectivity index (χ3n) is 2.18. The fourth-order valence-electron chi connectivity index (χ4n) is 1.32. The molecule has 4 N–H and O–H groups in total. The van der Waals surface area contributed by atoms with Crippen LogP contribution in [0.25, 0.3) is 0 Å². The second-order valence-corrected chi connectivity index (χ2v) is 3.34. The monoisotopic (exact) mass is 230 g/mol. The molecule has 0 radical (unpaired) electrons. The molecule has 0 saturated carbocycles. The Morgan fingerprint density at radius 3 is 2.59 bits per heavy atom. The number of carbonyl (C=O) groups excluding carboxylic acids is 2. The van der Waals surface area contributed by atoms with E-state index in [0.29, 0.717) is 5.69 Å². The number of carbonyl (C=O) groups is 2. The van der Waals surface area contributed by atoms with Crippen LogP contribution >= 0.6 is 0 Å². The van der Waals surface area contributed by atoms with Gasteiger partial charge >= 0.3 is 0 Å². The number of rotatable bonds is 2. The molecule has 0 atom stereocenters. The van der Waals surface area contributed by atoms with Crippen LogP contribution in [-0.2, 0) is 0 Å². The molecule has 1 aromatic heterocycles. The summed E-state index contributed by atoms with van der Waals surface area (Å²) < 4.78 is 0. The van der Waals surface area contributed by atoms with E-state index < -0.39 is 11.8 Å². The highest BCUT2D eigenvalue weighted by atomic mass is 16.2. The number of nitrogens with two attached hydrogens (primary N) is 1. The number of hydrogen-bond acceptors (Lipinski definition) is 4. The predicted molar refractivity (Wildman–Crippen MR) is 61.2 cm³/mol. The SMILES string of the molecule is Nc1ccccc1C(=O)NC(=O)c1ccn[nH]1. The van der Waals surface area contributed by atoms with Crippen molar-refractivity contribution in [1.29, 1.82) is 0 Å². The van der Waals surface area contributed by atoms with Crippen LogP contribution in [0.1, 0.15) is 20.8 Å². The summed E-state index contributed by atoms with van der Waals surface area (Å²) in [6.07, 6.45) is 1.43. The highest BCUT2D eigenvalue weighted by molar-refractivity contribution is 6.11. The summed E-state index contributed by atoms with van der Waals surface area (Å²) in [4.78, 5) is 23.3. The number of benzene rings is 1. The summed E-state index contributed by atoms with van der Waals surface area (Å²) in [5.41, 5.74) is 6.43. The number of aromatic amines is 1. The zero-order chi connectivity index (χ0) is 12.3. The van der Waals surface area contributed by atoms with E-state index in [-0.39, 0.29) is 11.3 Å². The predicted octanol–water partition coefficient (Wildman–Crippen LogP) is 0.562. The van der Waals surface area contributed by atoms with Crippen molar-refractivity contribution in [2.45, 2.75) is 0 Å². The molecule has 0 fully saturated rings. The van der Waals surface area contributed by atoms with Crippen LogP contribution in [0.15, 0.2) is 36.5 Å². The van der Waals surface area contributed by atoms with Gasteiger partial charge in [0, 0.05) is 11.9 Å². The van der Waals surface area contributed by atoms with Gasteiger partial charge in [0.1, 0.15) is 5.69 Å². The number of anilines is 1. The van der Waals surface area contributed by atoms with Crippen LogP contribution in [0.3, 0.4) is 0 Å². The molecule has 86 valence electrons. The van der Waals surface area contributed by atoms with Gasteiger partial charge in [-0.25, -0.2) is 0 Å². The fraction of sp³-hybridized carbons (Fsp3) is 0. The number of imide groups is 1. The second-order valence-electron chi connectivity index (χ2n) is 3.34. The summed E-state index contributed by atoms with van der Waals surface area (Å²) in [7, 11) is 0. The summed E-state index contributed by atoms with van der Waals surface area (Å²) in [6, 6.07) is 7.99. The fourth-order valence-corrected chi connectivity index (χ4v) is 1.32. The van der Waals surface area contributed by atoms with Gasteiger partial charge in [-0.15, -0.1) is 0 Å². The van der Waals surface area contributed by atoms with Gasteiger partial charge in [-0.05, 0) is 18.2 Å². The van der Waals surface area contributed by atoms with E-state index in [1.807, 2.05) is 0 Å². The van der Waals surface area contributed by atoms with Crippen molar-refractivity contribution in [1.82, 2.24) is 15.5 Å². The highest BCUT2D eigenvalue weighted by Crippen LogP contribution is 2.10. The minimum atomic E-state index is -0.546. The molecule has 0 aliphatic carbocycles. The zero-order valence-corrected chi connectivity index (χ0v) is 8.81. The van der Waals surface area contributed by atoms with E-state index in [0.717, 1.165) is 0 Å². The van der Waals surface area contributed by atoms with E-state index in [1.54, 1.807) is 24.3 Å². The van der Waals surface area contributed by atoms with Crippen LogP contribution in [-0.4, -0.2) is 22.0 Å². The third-order valence-corrected chi connectivity index (χ3v) is 2.18. The second kappa shape index (κ2) is 4.48. The van der Waals surface area contributed by atoms with Crippen molar-refractivity contribution in [3.05, 3.63) is 47.8 Å². The molecule has 1 aromatic carbocycles. The first-order chi connectivity index (χ1) is 8.18. The lowest BCUT2D eigenvalue weighted by atomic mass is 10.1. The van der Waals surface area contributed by atoms with Gasteiger partial charge in [0.15, 0.2) is 0 Å². The molecule has 1 heterocycles. The first kappa shape index (κ1) is 10.9. The third kappa shape index (κ3) is 2.31. The van der Waals surface area contributed by atoms with Crippen molar-refractivity contribution >= 4 is 17.5 Å². The van der Waals surface area contributed by atoms with Crippen molar-refractivity contribution in [3.63, 3.8) is 0 Å². The van der Waals surface area contributed by atoms with Gasteiger partial charge in [0.05, 0.1) is 5.56 Å². The van der Waals surface area contributed by atoms with E-state index in [1.165, 1.54) is 12.3 Å². The van der Waals surface area contributed by atoms with Crippen LogP contribution in [0, 0.1) is 0 Å².